The van der Waals surface area contributed by atoms with Gasteiger partial charge >= 0.3 is 0 Å². The molecule has 4 aromatic rings. The minimum Gasteiger partial charge on any atom is -0.493 e. The van der Waals surface area contributed by atoms with Crippen LogP contribution in [0, 0.1) is 0 Å². The van der Waals surface area contributed by atoms with E-state index in [-0.39, 0.29) is 28.8 Å². The monoisotopic (exact) mass is 659 g/mol. The van der Waals surface area contributed by atoms with Crippen LogP contribution in [-0.2, 0) is 22.6 Å². The Kier molecular flexibility index (Phi) is 10.7. The Morgan fingerprint density at radius 1 is 0.913 bits per heavy atom. The summed E-state index contributed by atoms with van der Waals surface area (Å²) >= 11 is 7.58. The number of nitrogens with one attached hydrogen (secondary N) is 1. The molecule has 1 aliphatic rings. The van der Waals surface area contributed by atoms with Gasteiger partial charge in [0.15, 0.2) is 11.5 Å². The maximum Gasteiger partial charge on any atom is 0.250 e. The normalized spacial score (nSPS) is 15.8. The molecule has 11 heteroatoms. The molecule has 3 N–H and O–H groups in total. The zero-order valence-corrected chi connectivity index (χ0v) is 27.0. The van der Waals surface area contributed by atoms with E-state index in [1.165, 1.54) is 17.8 Å². The maximum atomic E-state index is 13.9. The van der Waals surface area contributed by atoms with E-state index in [2.05, 4.69) is 5.32 Å². The van der Waals surface area contributed by atoms with Crippen molar-refractivity contribution in [3.63, 3.8) is 0 Å². The summed E-state index contributed by atoms with van der Waals surface area (Å²) in [6, 6.07) is 27.7. The Bertz CT molecular complexity index is 1700. The molecule has 9 nitrogen and oxygen atoms in total. The first-order valence-corrected chi connectivity index (χ1v) is 15.9. The number of carbonyl (C=O) groups excluding carboxylic acids is 3. The molecule has 238 valence electrons. The maximum absolute atomic E-state index is 13.9. The lowest BCUT2D eigenvalue weighted by molar-refractivity contribution is -0.124. The molecule has 5 rings (SSSR count). The van der Waals surface area contributed by atoms with E-state index in [0.29, 0.717) is 42.5 Å². The third-order valence-corrected chi connectivity index (χ3v) is 9.27. The summed E-state index contributed by atoms with van der Waals surface area (Å²) in [5, 5.41) is 1.99. The van der Waals surface area contributed by atoms with Crippen LogP contribution in [0.15, 0.2) is 91.0 Å². The van der Waals surface area contributed by atoms with Gasteiger partial charge in [0.25, 0.3) is 0 Å². The molecule has 0 radical (unpaired) electrons. The number of hydrogen-bond donors (Lipinski definition) is 2. The van der Waals surface area contributed by atoms with Crippen molar-refractivity contribution < 1.29 is 28.6 Å². The fourth-order valence-electron chi connectivity index (χ4n) is 5.12. The number of hydrogen-bond acceptors (Lipinski definition) is 7. The van der Waals surface area contributed by atoms with Gasteiger partial charge in [0.2, 0.25) is 17.7 Å². The van der Waals surface area contributed by atoms with Crippen LogP contribution in [-0.4, -0.2) is 43.7 Å². The predicted molar refractivity (Wildman–Crippen MR) is 180 cm³/mol. The Morgan fingerprint density at radius 2 is 1.65 bits per heavy atom. The molecule has 0 aliphatic carbocycles. The molecular formula is C35H34ClN3O6S. The van der Waals surface area contributed by atoms with Crippen molar-refractivity contribution in [3.05, 3.63) is 118 Å². The summed E-state index contributed by atoms with van der Waals surface area (Å²) in [7, 11) is 3.15. The molecule has 0 bridgehead atoms. The molecule has 1 heterocycles. The minimum absolute atomic E-state index is 0.0169. The van der Waals surface area contributed by atoms with Gasteiger partial charge in [0.05, 0.1) is 30.1 Å². The van der Waals surface area contributed by atoms with Crippen LogP contribution in [0.2, 0.25) is 5.02 Å². The van der Waals surface area contributed by atoms with E-state index < -0.39 is 16.5 Å². The Labute approximate surface area is 277 Å². The number of amides is 3. The molecule has 1 fully saturated rings. The average molecular weight is 660 g/mol. The largest absolute Gasteiger partial charge is 0.493 e. The summed E-state index contributed by atoms with van der Waals surface area (Å²) < 4.78 is 16.6. The van der Waals surface area contributed by atoms with Crippen molar-refractivity contribution in [2.45, 2.75) is 30.1 Å². The number of anilines is 1. The number of halogens is 1. The van der Waals surface area contributed by atoms with E-state index in [9.17, 15) is 14.4 Å². The van der Waals surface area contributed by atoms with E-state index >= 15 is 0 Å². The first-order valence-electron chi connectivity index (χ1n) is 14.6. The van der Waals surface area contributed by atoms with Crippen LogP contribution in [0.3, 0.4) is 0 Å². The van der Waals surface area contributed by atoms with Crippen LogP contribution >= 0.6 is 23.4 Å². The first kappa shape index (κ1) is 32.7. The topological polar surface area (TPSA) is 120 Å². The minimum atomic E-state index is -0.701. The number of thioether (sulfide) groups is 1. The molecule has 4 aromatic carbocycles. The highest BCUT2D eigenvalue weighted by atomic mass is 35.5. The van der Waals surface area contributed by atoms with Gasteiger partial charge in [0, 0.05) is 18.7 Å². The van der Waals surface area contributed by atoms with Gasteiger partial charge in [-0.2, -0.15) is 0 Å². The fraction of sp³-hybridized carbons (Fsp3) is 0.229. The molecule has 1 saturated heterocycles. The SMILES string of the molecule is COc1ccc(CCNC(=O)CC2SC(c3ccc(OCc4ccccc4)cc3)N(c3ccc(Cl)c(C(N)=O)c3)C2=O)cc1OC. The molecule has 0 spiro atoms. The second-order valence-electron chi connectivity index (χ2n) is 10.6. The van der Waals surface area contributed by atoms with Crippen LogP contribution in [0.25, 0.3) is 0 Å². The molecule has 0 aromatic heterocycles. The van der Waals surface area contributed by atoms with E-state index in [0.717, 1.165) is 16.7 Å². The Hall–Kier alpha value is -4.67. The van der Waals surface area contributed by atoms with Gasteiger partial charge in [-0.25, -0.2) is 0 Å². The van der Waals surface area contributed by atoms with E-state index in [1.807, 2.05) is 72.8 Å². The summed E-state index contributed by atoms with van der Waals surface area (Å²) in [4.78, 5) is 40.5. The third-order valence-electron chi connectivity index (χ3n) is 7.50. The number of rotatable bonds is 13. The average Bonchev–Trinajstić information content (AvgIpc) is 3.39. The zero-order valence-electron chi connectivity index (χ0n) is 25.4. The van der Waals surface area contributed by atoms with Crippen molar-refractivity contribution in [3.8, 4) is 17.2 Å². The highest BCUT2D eigenvalue weighted by Crippen LogP contribution is 2.47. The van der Waals surface area contributed by atoms with Crippen molar-refractivity contribution in [1.82, 2.24) is 5.32 Å². The number of primary amides is 1. The summed E-state index contributed by atoms with van der Waals surface area (Å²) in [6.45, 7) is 0.809. The molecule has 1 aliphatic heterocycles. The fourth-order valence-corrected chi connectivity index (χ4v) is 6.78. The van der Waals surface area contributed by atoms with Crippen molar-refractivity contribution in [2.24, 2.45) is 5.73 Å². The predicted octanol–water partition coefficient (Wildman–Crippen LogP) is 5.93. The molecule has 46 heavy (non-hydrogen) atoms. The lowest BCUT2D eigenvalue weighted by atomic mass is 10.1. The number of carbonyl (C=O) groups is 3. The zero-order chi connectivity index (χ0) is 32.6. The van der Waals surface area contributed by atoms with Gasteiger partial charge < -0.3 is 25.3 Å². The van der Waals surface area contributed by atoms with Gasteiger partial charge in [-0.15, -0.1) is 11.8 Å². The Balaban J connectivity index is 1.30. The van der Waals surface area contributed by atoms with E-state index in [1.54, 1.807) is 31.3 Å². The second kappa shape index (κ2) is 15.1. The van der Waals surface area contributed by atoms with Crippen molar-refractivity contribution in [2.75, 3.05) is 25.7 Å². The van der Waals surface area contributed by atoms with Gasteiger partial charge in [-0.1, -0.05) is 60.1 Å². The number of benzene rings is 4. The first-order chi connectivity index (χ1) is 22.3. The quantitative estimate of drug-likeness (QED) is 0.183. The summed E-state index contributed by atoms with van der Waals surface area (Å²) in [5.74, 6) is 0.721. The van der Waals surface area contributed by atoms with Crippen LogP contribution < -0.4 is 30.2 Å². The van der Waals surface area contributed by atoms with Gasteiger partial charge in [-0.05, 0) is 65.6 Å². The molecule has 2 unspecified atom stereocenters. The third kappa shape index (κ3) is 7.75. The number of methoxy groups -OCH3 is 2. The number of nitrogens with zero attached hydrogens (tertiary/aromatic N) is 1. The highest BCUT2D eigenvalue weighted by molar-refractivity contribution is 8.01. The summed E-state index contributed by atoms with van der Waals surface area (Å²) in [5.41, 5.74) is 8.97. The van der Waals surface area contributed by atoms with Crippen molar-refractivity contribution >= 4 is 46.8 Å². The molecule has 0 saturated carbocycles. The number of ether oxygens (including phenoxy) is 3. The molecular weight excluding hydrogens is 626 g/mol. The lowest BCUT2D eigenvalue weighted by Gasteiger charge is -2.25. The van der Waals surface area contributed by atoms with Crippen LogP contribution in [0.5, 0.6) is 17.2 Å². The molecule has 3 amide bonds. The standard InChI is InChI=1S/C35H34ClN3O6S/c1-43-29-15-8-22(18-30(29)44-2)16-17-38-32(40)20-31-34(42)39(25-11-14-28(36)27(19-25)33(37)41)35(46-31)24-9-12-26(13-10-24)45-21-23-6-4-3-5-7-23/h3-15,18-19,31,35H,16-17,20-21H2,1-2H3,(H2,37,41)(H,38,40). The van der Waals surface area contributed by atoms with Gasteiger partial charge in [0.1, 0.15) is 17.7 Å². The van der Waals surface area contributed by atoms with E-state index in [4.69, 9.17) is 31.5 Å². The lowest BCUT2D eigenvalue weighted by Crippen LogP contribution is -2.34. The smallest absolute Gasteiger partial charge is 0.250 e. The molecule has 2 atom stereocenters. The second-order valence-corrected chi connectivity index (χ2v) is 12.2. The van der Waals surface area contributed by atoms with Crippen molar-refractivity contribution in [1.29, 1.82) is 0 Å². The van der Waals surface area contributed by atoms with Gasteiger partial charge in [-0.3, -0.25) is 19.3 Å². The van der Waals surface area contributed by atoms with Crippen LogP contribution in [0.4, 0.5) is 5.69 Å². The number of nitrogens with two attached hydrogens (primary N) is 1. The highest BCUT2D eigenvalue weighted by Gasteiger charge is 2.43. The van der Waals surface area contributed by atoms with Crippen LogP contribution in [0.1, 0.15) is 38.8 Å². The summed E-state index contributed by atoms with van der Waals surface area (Å²) in [6.07, 6.45) is 0.558. The Morgan fingerprint density at radius 3 is 2.35 bits per heavy atom.